The molecular weight excluding hydrogens is 226 g/mol. The molecule has 0 spiro atoms. The van der Waals surface area contributed by atoms with Crippen LogP contribution in [0.2, 0.25) is 0 Å². The Balaban J connectivity index is 2.00. The number of carbonyl (C=O) groups excluding carboxylic acids is 1. The molecule has 2 rings (SSSR count). The summed E-state index contributed by atoms with van der Waals surface area (Å²) in [4.78, 5) is 11.8. The summed E-state index contributed by atoms with van der Waals surface area (Å²) < 4.78 is 5.15. The minimum atomic E-state index is -0.100. The molecule has 0 saturated heterocycles. The highest BCUT2D eigenvalue weighted by Gasteiger charge is 2.45. The maximum absolute atomic E-state index is 11.8. The molecular formula is C15H21NO2. The zero-order valence-electron chi connectivity index (χ0n) is 11.2. The minimum absolute atomic E-state index is 0.100. The maximum Gasteiger partial charge on any atom is 0.220 e. The number of unbranched alkanes of at least 4 members (excludes halogenated alkanes) is 1. The van der Waals surface area contributed by atoms with E-state index in [4.69, 9.17) is 4.74 Å². The van der Waals surface area contributed by atoms with E-state index in [0.717, 1.165) is 31.4 Å². The highest BCUT2D eigenvalue weighted by atomic mass is 16.5. The third-order valence-electron chi connectivity index (χ3n) is 3.53. The van der Waals surface area contributed by atoms with Crippen LogP contribution >= 0.6 is 0 Å². The van der Waals surface area contributed by atoms with Gasteiger partial charge in [-0.15, -0.1) is 0 Å². The average Bonchev–Trinajstić information content (AvgIpc) is 3.17. The number of rotatable bonds is 6. The van der Waals surface area contributed by atoms with Gasteiger partial charge in [0.15, 0.2) is 0 Å². The van der Waals surface area contributed by atoms with E-state index in [0.29, 0.717) is 6.42 Å². The minimum Gasteiger partial charge on any atom is -0.497 e. The third kappa shape index (κ3) is 2.84. The van der Waals surface area contributed by atoms with Crippen molar-refractivity contribution >= 4 is 5.91 Å². The van der Waals surface area contributed by atoms with Gasteiger partial charge in [-0.2, -0.15) is 0 Å². The maximum atomic E-state index is 11.8. The van der Waals surface area contributed by atoms with Crippen molar-refractivity contribution in [3.63, 3.8) is 0 Å². The van der Waals surface area contributed by atoms with Crippen LogP contribution in [0.3, 0.4) is 0 Å². The quantitative estimate of drug-likeness (QED) is 0.839. The van der Waals surface area contributed by atoms with Gasteiger partial charge in [0, 0.05) is 6.42 Å². The molecule has 1 aliphatic carbocycles. The van der Waals surface area contributed by atoms with Crippen molar-refractivity contribution in [2.45, 2.75) is 44.6 Å². The van der Waals surface area contributed by atoms with Gasteiger partial charge in [0.1, 0.15) is 5.75 Å². The number of amides is 1. The number of benzene rings is 1. The lowest BCUT2D eigenvalue weighted by Gasteiger charge is -2.18. The Kier molecular flexibility index (Phi) is 3.90. The van der Waals surface area contributed by atoms with Gasteiger partial charge in [-0.25, -0.2) is 0 Å². The number of ether oxygens (including phenoxy) is 1. The highest BCUT2D eigenvalue weighted by Crippen LogP contribution is 2.45. The van der Waals surface area contributed by atoms with Crippen LogP contribution in [-0.2, 0) is 10.3 Å². The fourth-order valence-corrected chi connectivity index (χ4v) is 2.19. The first-order chi connectivity index (χ1) is 8.70. The van der Waals surface area contributed by atoms with Gasteiger partial charge in [-0.1, -0.05) is 25.5 Å². The van der Waals surface area contributed by atoms with E-state index < -0.39 is 0 Å². The monoisotopic (exact) mass is 247 g/mol. The van der Waals surface area contributed by atoms with Crippen LogP contribution in [0.4, 0.5) is 0 Å². The molecule has 1 aliphatic rings. The summed E-state index contributed by atoms with van der Waals surface area (Å²) in [6.07, 6.45) is 4.73. The summed E-state index contributed by atoms with van der Waals surface area (Å²) in [5.41, 5.74) is 1.09. The van der Waals surface area contributed by atoms with Crippen LogP contribution in [0.15, 0.2) is 24.3 Å². The van der Waals surface area contributed by atoms with E-state index in [1.54, 1.807) is 7.11 Å². The van der Waals surface area contributed by atoms with Gasteiger partial charge in [0.05, 0.1) is 12.6 Å². The zero-order valence-corrected chi connectivity index (χ0v) is 11.2. The summed E-state index contributed by atoms with van der Waals surface area (Å²) in [6, 6.07) is 8.00. The fraction of sp³-hybridized carbons (Fsp3) is 0.533. The van der Waals surface area contributed by atoms with Gasteiger partial charge < -0.3 is 10.1 Å². The van der Waals surface area contributed by atoms with Crippen molar-refractivity contribution in [1.82, 2.24) is 5.32 Å². The van der Waals surface area contributed by atoms with Crippen LogP contribution in [0.25, 0.3) is 0 Å². The number of methoxy groups -OCH3 is 1. The molecule has 0 bridgehead atoms. The van der Waals surface area contributed by atoms with E-state index in [2.05, 4.69) is 12.2 Å². The molecule has 0 radical (unpaired) electrons. The fourth-order valence-electron chi connectivity index (χ4n) is 2.19. The van der Waals surface area contributed by atoms with Crippen molar-refractivity contribution in [2.75, 3.05) is 7.11 Å². The van der Waals surface area contributed by atoms with Crippen LogP contribution in [0.5, 0.6) is 5.75 Å². The lowest BCUT2D eigenvalue weighted by atomic mass is 10.0. The Hall–Kier alpha value is -1.51. The number of hydrogen-bond acceptors (Lipinski definition) is 2. The van der Waals surface area contributed by atoms with Gasteiger partial charge in [0.2, 0.25) is 5.91 Å². The predicted molar refractivity (Wildman–Crippen MR) is 71.6 cm³/mol. The van der Waals surface area contributed by atoms with Crippen molar-refractivity contribution < 1.29 is 9.53 Å². The normalized spacial score (nSPS) is 16.1. The SMILES string of the molecule is CCCCC(=O)NC1(c2ccc(OC)cc2)CC1. The van der Waals surface area contributed by atoms with E-state index in [-0.39, 0.29) is 11.4 Å². The highest BCUT2D eigenvalue weighted by molar-refractivity contribution is 5.77. The molecule has 3 nitrogen and oxygen atoms in total. The molecule has 98 valence electrons. The Morgan fingerprint density at radius 3 is 2.50 bits per heavy atom. The first-order valence-electron chi connectivity index (χ1n) is 6.66. The summed E-state index contributed by atoms with van der Waals surface area (Å²) in [6.45, 7) is 2.10. The molecule has 1 N–H and O–H groups in total. The molecule has 1 fully saturated rings. The Bertz CT molecular complexity index is 407. The second-order valence-corrected chi connectivity index (χ2v) is 4.96. The van der Waals surface area contributed by atoms with Gasteiger partial charge in [-0.3, -0.25) is 4.79 Å². The summed E-state index contributed by atoms with van der Waals surface area (Å²) in [5, 5.41) is 3.18. The molecule has 0 aromatic heterocycles. The van der Waals surface area contributed by atoms with Crippen LogP contribution in [-0.4, -0.2) is 13.0 Å². The number of carbonyl (C=O) groups is 1. The van der Waals surface area contributed by atoms with Gasteiger partial charge in [-0.05, 0) is 37.0 Å². The van der Waals surface area contributed by atoms with Crippen molar-refractivity contribution in [2.24, 2.45) is 0 Å². The molecule has 0 unspecified atom stereocenters. The number of hydrogen-bond donors (Lipinski definition) is 1. The van der Waals surface area contributed by atoms with Crippen LogP contribution in [0, 0.1) is 0 Å². The van der Waals surface area contributed by atoms with Gasteiger partial charge in [0.25, 0.3) is 0 Å². The zero-order chi connectivity index (χ0) is 13.0. The predicted octanol–water partition coefficient (Wildman–Crippen LogP) is 2.99. The first-order valence-corrected chi connectivity index (χ1v) is 6.66. The molecule has 0 aliphatic heterocycles. The lowest BCUT2D eigenvalue weighted by Crippen LogP contribution is -2.34. The van der Waals surface area contributed by atoms with Crippen LogP contribution in [0.1, 0.15) is 44.6 Å². The molecule has 0 heterocycles. The molecule has 0 atom stereocenters. The average molecular weight is 247 g/mol. The van der Waals surface area contributed by atoms with E-state index in [1.807, 2.05) is 24.3 Å². The molecule has 1 aromatic carbocycles. The van der Waals surface area contributed by atoms with E-state index in [1.165, 1.54) is 5.56 Å². The lowest BCUT2D eigenvalue weighted by molar-refractivity contribution is -0.122. The molecule has 18 heavy (non-hydrogen) atoms. The Labute approximate surface area is 109 Å². The van der Waals surface area contributed by atoms with Crippen molar-refractivity contribution in [3.8, 4) is 5.75 Å². The summed E-state index contributed by atoms with van der Waals surface area (Å²) in [7, 11) is 1.66. The van der Waals surface area contributed by atoms with E-state index in [9.17, 15) is 4.79 Å². The summed E-state index contributed by atoms with van der Waals surface area (Å²) >= 11 is 0. The molecule has 1 amide bonds. The topological polar surface area (TPSA) is 38.3 Å². The van der Waals surface area contributed by atoms with Gasteiger partial charge >= 0.3 is 0 Å². The first kappa shape index (κ1) is 12.9. The second-order valence-electron chi connectivity index (χ2n) is 4.96. The van der Waals surface area contributed by atoms with Crippen LogP contribution < -0.4 is 10.1 Å². The number of nitrogens with one attached hydrogen (secondary N) is 1. The van der Waals surface area contributed by atoms with Crippen molar-refractivity contribution in [3.05, 3.63) is 29.8 Å². The van der Waals surface area contributed by atoms with Crippen molar-refractivity contribution in [1.29, 1.82) is 0 Å². The second kappa shape index (κ2) is 5.42. The standard InChI is InChI=1S/C15H21NO2/c1-3-4-5-14(17)16-15(10-11-15)12-6-8-13(18-2)9-7-12/h6-9H,3-5,10-11H2,1-2H3,(H,16,17). The molecule has 1 saturated carbocycles. The Morgan fingerprint density at radius 2 is 2.00 bits per heavy atom. The van der Waals surface area contributed by atoms with E-state index >= 15 is 0 Å². The molecule has 1 aromatic rings. The molecule has 3 heteroatoms. The Morgan fingerprint density at radius 1 is 1.33 bits per heavy atom. The third-order valence-corrected chi connectivity index (χ3v) is 3.53. The largest absolute Gasteiger partial charge is 0.497 e. The smallest absolute Gasteiger partial charge is 0.220 e. The summed E-state index contributed by atoms with van der Waals surface area (Å²) in [5.74, 6) is 1.03.